The first-order chi connectivity index (χ1) is 9.86. The minimum absolute atomic E-state index is 0.0599. The van der Waals surface area contributed by atoms with Gasteiger partial charge in [0.25, 0.3) is 5.69 Å². The second kappa shape index (κ2) is 7.45. The van der Waals surface area contributed by atoms with Gasteiger partial charge in [-0.3, -0.25) is 14.9 Å². The van der Waals surface area contributed by atoms with E-state index < -0.39 is 10.9 Å². The fourth-order valence-electron chi connectivity index (χ4n) is 1.53. The molecule has 0 aliphatic heterocycles. The summed E-state index contributed by atoms with van der Waals surface area (Å²) in [5.74, 6) is 5.12. The summed E-state index contributed by atoms with van der Waals surface area (Å²) in [4.78, 5) is 32.7. The summed E-state index contributed by atoms with van der Waals surface area (Å²) in [6.45, 7) is 3.07. The van der Waals surface area contributed by atoms with Crippen LogP contribution in [0.25, 0.3) is 0 Å². The molecule has 1 aromatic carbocycles. The number of rotatable bonds is 3. The number of thioether (sulfide) groups is 1. The van der Waals surface area contributed by atoms with Gasteiger partial charge in [0, 0.05) is 24.6 Å². The number of methoxy groups -OCH3 is 1. The summed E-state index contributed by atoms with van der Waals surface area (Å²) in [6, 6.07) is 2.46. The highest BCUT2D eigenvalue weighted by molar-refractivity contribution is 8.13. The highest BCUT2D eigenvalue weighted by Crippen LogP contribution is 2.22. The number of hydrogen-bond donors (Lipinski definition) is 0. The molecular formula is C14H13NO5S. The first-order valence-electron chi connectivity index (χ1n) is 5.86. The molecule has 0 amide bonds. The minimum Gasteiger partial charge on any atom is -0.465 e. The van der Waals surface area contributed by atoms with Crippen LogP contribution in [-0.2, 0) is 9.53 Å². The number of ether oxygens (including phenoxy) is 1. The van der Waals surface area contributed by atoms with Crippen molar-refractivity contribution in [2.75, 3.05) is 12.9 Å². The second-order valence-electron chi connectivity index (χ2n) is 4.00. The molecule has 0 aliphatic rings. The fraction of sp³-hybridized carbons (Fsp3) is 0.286. The van der Waals surface area contributed by atoms with Crippen LogP contribution in [0.3, 0.4) is 0 Å². The summed E-state index contributed by atoms with van der Waals surface area (Å²) in [6.07, 6.45) is 0. The van der Waals surface area contributed by atoms with Crippen LogP contribution in [0.15, 0.2) is 12.1 Å². The van der Waals surface area contributed by atoms with Gasteiger partial charge >= 0.3 is 5.97 Å². The number of non-ortho nitro benzene ring substituents is 1. The Morgan fingerprint density at radius 3 is 2.62 bits per heavy atom. The highest BCUT2D eigenvalue weighted by atomic mass is 32.2. The van der Waals surface area contributed by atoms with Gasteiger partial charge in [0.15, 0.2) is 5.12 Å². The normalized spacial score (nSPS) is 9.48. The zero-order chi connectivity index (χ0) is 16.0. The van der Waals surface area contributed by atoms with Gasteiger partial charge in [-0.05, 0) is 12.5 Å². The number of nitro groups is 1. The van der Waals surface area contributed by atoms with Gasteiger partial charge < -0.3 is 4.74 Å². The van der Waals surface area contributed by atoms with E-state index in [0.29, 0.717) is 11.1 Å². The molecule has 6 nitrogen and oxygen atoms in total. The third-order valence-corrected chi connectivity index (χ3v) is 3.27. The lowest BCUT2D eigenvalue weighted by atomic mass is 10.0. The van der Waals surface area contributed by atoms with Crippen LogP contribution < -0.4 is 0 Å². The summed E-state index contributed by atoms with van der Waals surface area (Å²) in [7, 11) is 1.20. The second-order valence-corrected chi connectivity index (χ2v) is 5.15. The van der Waals surface area contributed by atoms with Gasteiger partial charge in [0.05, 0.1) is 23.3 Å². The van der Waals surface area contributed by atoms with Gasteiger partial charge in [0.2, 0.25) is 0 Å². The number of nitrogens with zero attached hydrogens (tertiary/aromatic N) is 1. The summed E-state index contributed by atoms with van der Waals surface area (Å²) in [5.41, 5.74) is 0.751. The van der Waals surface area contributed by atoms with E-state index in [-0.39, 0.29) is 22.1 Å². The molecule has 0 heterocycles. The van der Waals surface area contributed by atoms with Gasteiger partial charge in [-0.25, -0.2) is 4.79 Å². The molecule has 110 valence electrons. The van der Waals surface area contributed by atoms with E-state index >= 15 is 0 Å². The quantitative estimate of drug-likeness (QED) is 0.368. The van der Waals surface area contributed by atoms with Crippen LogP contribution in [0.1, 0.15) is 28.4 Å². The maximum Gasteiger partial charge on any atom is 0.338 e. The number of carbonyl (C=O) groups excluding carboxylic acids is 2. The smallest absolute Gasteiger partial charge is 0.338 e. The van der Waals surface area contributed by atoms with Crippen molar-refractivity contribution >= 4 is 28.5 Å². The van der Waals surface area contributed by atoms with Crippen LogP contribution in [0.4, 0.5) is 5.69 Å². The standard InChI is InChI=1S/C14H13NO5S/c1-9-11(5-4-6-21-10(2)16)7-12(15(18)19)8-13(9)14(17)20-3/h7-8H,6H2,1-3H3. The monoisotopic (exact) mass is 307 g/mol. The zero-order valence-corrected chi connectivity index (χ0v) is 12.6. The predicted octanol–water partition coefficient (Wildman–Crippen LogP) is 2.32. The average Bonchev–Trinajstić information content (AvgIpc) is 2.43. The fourth-order valence-corrected chi connectivity index (χ4v) is 1.87. The Morgan fingerprint density at radius 1 is 1.43 bits per heavy atom. The third-order valence-electron chi connectivity index (χ3n) is 2.58. The van der Waals surface area contributed by atoms with Crippen LogP contribution in [0.2, 0.25) is 0 Å². The van der Waals surface area contributed by atoms with E-state index in [1.807, 2.05) is 0 Å². The molecule has 0 atom stereocenters. The first-order valence-corrected chi connectivity index (χ1v) is 6.85. The largest absolute Gasteiger partial charge is 0.465 e. The number of nitro benzene ring substituents is 1. The molecule has 0 aliphatic carbocycles. The van der Waals surface area contributed by atoms with Gasteiger partial charge in [0.1, 0.15) is 0 Å². The zero-order valence-electron chi connectivity index (χ0n) is 11.8. The third kappa shape index (κ3) is 4.61. The predicted molar refractivity (Wildman–Crippen MR) is 79.2 cm³/mol. The van der Waals surface area contributed by atoms with Crippen LogP contribution in [0, 0.1) is 28.9 Å². The summed E-state index contributed by atoms with van der Waals surface area (Å²) in [5, 5.41) is 10.8. The number of hydrogen-bond acceptors (Lipinski definition) is 6. The van der Waals surface area contributed by atoms with Gasteiger partial charge in [-0.1, -0.05) is 23.6 Å². The maximum atomic E-state index is 11.6. The van der Waals surface area contributed by atoms with E-state index in [1.54, 1.807) is 6.92 Å². The first kappa shape index (κ1) is 16.7. The van der Waals surface area contributed by atoms with Crippen molar-refractivity contribution in [1.82, 2.24) is 0 Å². The van der Waals surface area contributed by atoms with Crippen LogP contribution in [0.5, 0.6) is 0 Å². The minimum atomic E-state index is -0.655. The Morgan fingerprint density at radius 2 is 2.10 bits per heavy atom. The maximum absolute atomic E-state index is 11.6. The lowest BCUT2D eigenvalue weighted by Gasteiger charge is -2.06. The molecule has 0 spiro atoms. The SMILES string of the molecule is COC(=O)c1cc([N+](=O)[O-])cc(C#CCSC(C)=O)c1C. The highest BCUT2D eigenvalue weighted by Gasteiger charge is 2.18. The molecular weight excluding hydrogens is 294 g/mol. The molecule has 0 radical (unpaired) electrons. The molecule has 0 unspecified atom stereocenters. The number of esters is 1. The molecule has 1 aromatic rings. The average molecular weight is 307 g/mol. The molecule has 0 bridgehead atoms. The lowest BCUT2D eigenvalue weighted by molar-refractivity contribution is -0.384. The molecule has 21 heavy (non-hydrogen) atoms. The lowest BCUT2D eigenvalue weighted by Crippen LogP contribution is -2.06. The van der Waals surface area contributed by atoms with Crippen molar-refractivity contribution in [3.8, 4) is 11.8 Å². The van der Waals surface area contributed by atoms with Crippen LogP contribution in [-0.4, -0.2) is 28.9 Å². The number of benzene rings is 1. The molecule has 0 N–H and O–H groups in total. The van der Waals surface area contributed by atoms with Crippen molar-refractivity contribution in [3.63, 3.8) is 0 Å². The van der Waals surface area contributed by atoms with E-state index in [0.717, 1.165) is 17.8 Å². The van der Waals surface area contributed by atoms with E-state index in [9.17, 15) is 19.7 Å². The Bertz CT molecular complexity index is 657. The molecule has 0 aromatic heterocycles. The summed E-state index contributed by atoms with van der Waals surface area (Å²) >= 11 is 1.04. The van der Waals surface area contributed by atoms with E-state index in [1.165, 1.54) is 20.1 Å². The molecule has 0 fully saturated rings. The van der Waals surface area contributed by atoms with Crippen molar-refractivity contribution < 1.29 is 19.2 Å². The summed E-state index contributed by atoms with van der Waals surface area (Å²) < 4.78 is 4.61. The Balaban J connectivity index is 3.23. The molecule has 0 saturated heterocycles. The Kier molecular flexibility index (Phi) is 5.93. The van der Waals surface area contributed by atoms with Crippen molar-refractivity contribution in [2.24, 2.45) is 0 Å². The van der Waals surface area contributed by atoms with Crippen LogP contribution >= 0.6 is 11.8 Å². The topological polar surface area (TPSA) is 86.5 Å². The van der Waals surface area contributed by atoms with Crippen molar-refractivity contribution in [1.29, 1.82) is 0 Å². The molecule has 7 heteroatoms. The van der Waals surface area contributed by atoms with Gasteiger partial charge in [-0.15, -0.1) is 0 Å². The number of carbonyl (C=O) groups is 2. The van der Waals surface area contributed by atoms with E-state index in [2.05, 4.69) is 16.6 Å². The Hall–Kier alpha value is -2.33. The van der Waals surface area contributed by atoms with Crippen molar-refractivity contribution in [3.05, 3.63) is 38.9 Å². The molecule has 1 rings (SSSR count). The Labute approximate surface area is 126 Å². The van der Waals surface area contributed by atoms with Gasteiger partial charge in [-0.2, -0.15) is 0 Å². The van der Waals surface area contributed by atoms with Crippen molar-refractivity contribution in [2.45, 2.75) is 13.8 Å². The van der Waals surface area contributed by atoms with E-state index in [4.69, 9.17) is 0 Å². The molecule has 0 saturated carbocycles.